The van der Waals surface area contributed by atoms with Crippen LogP contribution in [0.1, 0.15) is 13.8 Å². The van der Waals surface area contributed by atoms with Crippen molar-refractivity contribution in [3.8, 4) is 5.75 Å². The lowest BCUT2D eigenvalue weighted by Crippen LogP contribution is -2.54. The van der Waals surface area contributed by atoms with Gasteiger partial charge in [0.05, 0.1) is 7.11 Å². The molecule has 1 heterocycles. The first-order valence-electron chi connectivity index (χ1n) is 9.56. The van der Waals surface area contributed by atoms with Crippen LogP contribution in [0, 0.1) is 11.2 Å². The Hall–Kier alpha value is -3.09. The zero-order valence-electron chi connectivity index (χ0n) is 16.9. The van der Waals surface area contributed by atoms with E-state index in [0.717, 1.165) is 5.69 Å². The molecule has 3 rings (SSSR count). The summed E-state index contributed by atoms with van der Waals surface area (Å²) < 4.78 is 18.2. The van der Waals surface area contributed by atoms with Gasteiger partial charge >= 0.3 is 0 Å². The van der Waals surface area contributed by atoms with Crippen LogP contribution in [0.5, 0.6) is 5.75 Å². The molecule has 1 N–H and O–H groups in total. The topological polar surface area (TPSA) is 61.9 Å². The average molecular weight is 399 g/mol. The maximum absolute atomic E-state index is 13.1. The van der Waals surface area contributed by atoms with Crippen molar-refractivity contribution in [3.63, 3.8) is 0 Å². The van der Waals surface area contributed by atoms with Crippen molar-refractivity contribution in [1.82, 2.24) is 4.90 Å². The molecule has 2 aromatic rings. The average Bonchev–Trinajstić information content (AvgIpc) is 2.74. The van der Waals surface area contributed by atoms with Crippen LogP contribution in [0.3, 0.4) is 0 Å². The number of halogens is 1. The summed E-state index contributed by atoms with van der Waals surface area (Å²) in [5.74, 6) is -0.138. The number of anilines is 2. The molecule has 1 aliphatic rings. The molecule has 7 heteroatoms. The molecule has 0 bridgehead atoms. The summed E-state index contributed by atoms with van der Waals surface area (Å²) in [6, 6.07) is 13.3. The highest BCUT2D eigenvalue weighted by Crippen LogP contribution is 2.25. The second kappa shape index (κ2) is 8.51. The van der Waals surface area contributed by atoms with Gasteiger partial charge in [0.15, 0.2) is 0 Å². The lowest BCUT2D eigenvalue weighted by atomic mass is 9.89. The SMILES string of the molecule is COc1ccc(NC(=O)C(C)(C)C(=O)N2CCN(c3ccc(F)cc3)CC2)cc1. The third-order valence-electron chi connectivity index (χ3n) is 5.21. The predicted octanol–water partition coefficient (Wildman–Crippen LogP) is 3.15. The molecule has 0 saturated carbocycles. The summed E-state index contributed by atoms with van der Waals surface area (Å²) >= 11 is 0. The lowest BCUT2D eigenvalue weighted by molar-refractivity contribution is -0.146. The molecule has 0 aliphatic carbocycles. The maximum atomic E-state index is 13.1. The molecule has 0 unspecified atom stereocenters. The van der Waals surface area contributed by atoms with Gasteiger partial charge in [0.1, 0.15) is 17.0 Å². The predicted molar refractivity (Wildman–Crippen MR) is 111 cm³/mol. The highest BCUT2D eigenvalue weighted by molar-refractivity contribution is 6.09. The van der Waals surface area contributed by atoms with E-state index in [1.165, 1.54) is 12.1 Å². The van der Waals surface area contributed by atoms with Gasteiger partial charge in [0, 0.05) is 37.6 Å². The van der Waals surface area contributed by atoms with Gasteiger partial charge in [-0.25, -0.2) is 4.39 Å². The van der Waals surface area contributed by atoms with Crippen LogP contribution in [0.25, 0.3) is 0 Å². The van der Waals surface area contributed by atoms with Crippen molar-refractivity contribution >= 4 is 23.2 Å². The van der Waals surface area contributed by atoms with E-state index in [9.17, 15) is 14.0 Å². The number of amides is 2. The summed E-state index contributed by atoms with van der Waals surface area (Å²) in [7, 11) is 1.57. The number of rotatable bonds is 5. The number of methoxy groups -OCH3 is 1. The Morgan fingerprint density at radius 1 is 0.966 bits per heavy atom. The summed E-state index contributed by atoms with van der Waals surface area (Å²) in [5.41, 5.74) is 0.339. The van der Waals surface area contributed by atoms with E-state index in [4.69, 9.17) is 4.74 Å². The second-order valence-corrected chi connectivity index (χ2v) is 7.56. The van der Waals surface area contributed by atoms with Crippen molar-refractivity contribution in [3.05, 3.63) is 54.3 Å². The Labute approximate surface area is 170 Å². The van der Waals surface area contributed by atoms with Gasteiger partial charge in [-0.2, -0.15) is 0 Å². The molecule has 6 nitrogen and oxygen atoms in total. The number of nitrogens with zero attached hydrogens (tertiary/aromatic N) is 2. The highest BCUT2D eigenvalue weighted by Gasteiger charge is 2.40. The molecule has 2 aromatic carbocycles. The number of hydrogen-bond acceptors (Lipinski definition) is 4. The number of hydrogen-bond donors (Lipinski definition) is 1. The minimum absolute atomic E-state index is 0.206. The van der Waals surface area contributed by atoms with Crippen molar-refractivity contribution < 1.29 is 18.7 Å². The van der Waals surface area contributed by atoms with Gasteiger partial charge in [-0.1, -0.05) is 0 Å². The van der Waals surface area contributed by atoms with Gasteiger partial charge in [0.25, 0.3) is 0 Å². The van der Waals surface area contributed by atoms with Crippen LogP contribution in [-0.2, 0) is 9.59 Å². The normalized spacial score (nSPS) is 14.5. The van der Waals surface area contributed by atoms with E-state index in [-0.39, 0.29) is 17.6 Å². The molecule has 1 saturated heterocycles. The van der Waals surface area contributed by atoms with Crippen LogP contribution in [0.15, 0.2) is 48.5 Å². The van der Waals surface area contributed by atoms with Crippen molar-refractivity contribution in [2.24, 2.45) is 5.41 Å². The van der Waals surface area contributed by atoms with E-state index in [1.807, 2.05) is 0 Å². The molecular weight excluding hydrogens is 373 g/mol. The Balaban J connectivity index is 1.59. The molecule has 0 radical (unpaired) electrons. The number of carbonyl (C=O) groups is 2. The third kappa shape index (κ3) is 4.67. The van der Waals surface area contributed by atoms with Gasteiger partial charge in [-0.05, 0) is 62.4 Å². The van der Waals surface area contributed by atoms with Crippen LogP contribution < -0.4 is 15.0 Å². The summed E-state index contributed by atoms with van der Waals surface area (Å²) in [6.07, 6.45) is 0. The Kier molecular flexibility index (Phi) is 6.06. The lowest BCUT2D eigenvalue weighted by Gasteiger charge is -2.39. The first kappa shape index (κ1) is 20.6. The molecule has 1 aliphatic heterocycles. The summed E-state index contributed by atoms with van der Waals surface area (Å²) in [5, 5.41) is 2.81. The Morgan fingerprint density at radius 3 is 2.10 bits per heavy atom. The number of benzene rings is 2. The first-order valence-corrected chi connectivity index (χ1v) is 9.56. The molecular formula is C22H26FN3O3. The minimum Gasteiger partial charge on any atom is -0.497 e. The standard InChI is InChI=1S/C22H26FN3O3/c1-22(2,20(27)24-17-6-10-19(29-3)11-7-17)21(28)26-14-12-25(13-15-26)18-8-4-16(23)5-9-18/h4-11H,12-15H2,1-3H3,(H,24,27). The fourth-order valence-corrected chi connectivity index (χ4v) is 3.27. The minimum atomic E-state index is -1.20. The number of ether oxygens (including phenoxy) is 1. The molecule has 1 fully saturated rings. The van der Waals surface area contributed by atoms with E-state index < -0.39 is 5.41 Å². The molecule has 154 valence electrons. The van der Waals surface area contributed by atoms with Gasteiger partial charge in [-0.15, -0.1) is 0 Å². The van der Waals surface area contributed by atoms with E-state index in [2.05, 4.69) is 10.2 Å². The van der Waals surface area contributed by atoms with Gasteiger partial charge in [0.2, 0.25) is 11.8 Å². The second-order valence-electron chi connectivity index (χ2n) is 7.56. The van der Waals surface area contributed by atoms with Crippen LogP contribution in [0.4, 0.5) is 15.8 Å². The van der Waals surface area contributed by atoms with E-state index in [0.29, 0.717) is 37.6 Å². The van der Waals surface area contributed by atoms with Crippen LogP contribution in [-0.4, -0.2) is 50.0 Å². The fourth-order valence-electron chi connectivity index (χ4n) is 3.27. The van der Waals surface area contributed by atoms with E-state index in [1.54, 1.807) is 62.3 Å². The molecule has 29 heavy (non-hydrogen) atoms. The zero-order valence-corrected chi connectivity index (χ0v) is 16.9. The number of piperazine rings is 1. The molecule has 0 atom stereocenters. The highest BCUT2D eigenvalue weighted by atomic mass is 19.1. The van der Waals surface area contributed by atoms with Crippen molar-refractivity contribution in [2.75, 3.05) is 43.5 Å². The monoisotopic (exact) mass is 399 g/mol. The van der Waals surface area contributed by atoms with Gasteiger partial charge < -0.3 is 19.9 Å². The largest absolute Gasteiger partial charge is 0.497 e. The third-order valence-corrected chi connectivity index (χ3v) is 5.21. The smallest absolute Gasteiger partial charge is 0.239 e. The summed E-state index contributed by atoms with van der Waals surface area (Å²) in [6.45, 7) is 5.56. The van der Waals surface area contributed by atoms with Crippen LogP contribution >= 0.6 is 0 Å². The van der Waals surface area contributed by atoms with Crippen molar-refractivity contribution in [2.45, 2.75) is 13.8 Å². The van der Waals surface area contributed by atoms with E-state index >= 15 is 0 Å². The quantitative estimate of drug-likeness (QED) is 0.785. The first-order chi connectivity index (χ1) is 13.8. The summed E-state index contributed by atoms with van der Waals surface area (Å²) in [4.78, 5) is 29.6. The number of nitrogens with one attached hydrogen (secondary N) is 1. The molecule has 0 aromatic heterocycles. The van der Waals surface area contributed by atoms with Gasteiger partial charge in [-0.3, -0.25) is 9.59 Å². The molecule has 2 amide bonds. The van der Waals surface area contributed by atoms with Crippen molar-refractivity contribution in [1.29, 1.82) is 0 Å². The van der Waals surface area contributed by atoms with Crippen LogP contribution in [0.2, 0.25) is 0 Å². The maximum Gasteiger partial charge on any atom is 0.239 e. The number of carbonyl (C=O) groups excluding carboxylic acids is 2. The zero-order chi connectivity index (χ0) is 21.0. The fraction of sp³-hybridized carbons (Fsp3) is 0.364. The molecule has 0 spiro atoms. The Morgan fingerprint density at radius 2 is 1.55 bits per heavy atom. The Bertz CT molecular complexity index is 858.